The summed E-state index contributed by atoms with van der Waals surface area (Å²) in [6.45, 7) is 1.78. The molecule has 0 aromatic carbocycles. The highest BCUT2D eigenvalue weighted by Crippen LogP contribution is 2.10. The van der Waals surface area contributed by atoms with E-state index < -0.39 is 9.84 Å². The zero-order valence-electron chi connectivity index (χ0n) is 7.99. The topological polar surface area (TPSA) is 75.3 Å². The van der Waals surface area contributed by atoms with Crippen molar-refractivity contribution in [1.82, 2.24) is 10.6 Å². The van der Waals surface area contributed by atoms with Gasteiger partial charge in [-0.15, -0.1) is 0 Å². The van der Waals surface area contributed by atoms with Crippen LogP contribution in [0.3, 0.4) is 0 Å². The molecule has 1 rings (SSSR count). The Morgan fingerprint density at radius 1 is 1.50 bits per heavy atom. The van der Waals surface area contributed by atoms with Crippen molar-refractivity contribution < 1.29 is 13.2 Å². The van der Waals surface area contributed by atoms with Crippen LogP contribution < -0.4 is 10.6 Å². The molecule has 0 aromatic rings. The van der Waals surface area contributed by atoms with E-state index in [2.05, 4.69) is 10.6 Å². The smallest absolute Gasteiger partial charge is 0.318 e. The molecule has 1 aliphatic heterocycles. The summed E-state index contributed by atoms with van der Waals surface area (Å²) in [4.78, 5) is 11.1. The lowest BCUT2D eigenvalue weighted by atomic mass is 10.3. The minimum atomic E-state index is -2.92. The lowest BCUT2D eigenvalue weighted by Gasteiger charge is -2.09. The van der Waals surface area contributed by atoms with E-state index in [1.165, 1.54) is 6.20 Å². The Kier molecular flexibility index (Phi) is 3.51. The molecule has 2 N–H and O–H groups in total. The third-order valence-corrected chi connectivity index (χ3v) is 3.72. The fourth-order valence-electron chi connectivity index (χ4n) is 1.29. The molecule has 1 aliphatic rings. The molecule has 0 spiro atoms. The fourth-order valence-corrected chi connectivity index (χ4v) is 2.97. The predicted octanol–water partition coefficient (Wildman–Crippen LogP) is 0.00630. The zero-order valence-corrected chi connectivity index (χ0v) is 8.80. The first-order valence-corrected chi connectivity index (χ1v) is 6.24. The summed E-state index contributed by atoms with van der Waals surface area (Å²) in [6, 6.07) is -0.601. The second kappa shape index (κ2) is 4.45. The van der Waals surface area contributed by atoms with Crippen molar-refractivity contribution >= 4 is 15.9 Å². The summed E-state index contributed by atoms with van der Waals surface area (Å²) < 4.78 is 22.1. The quantitative estimate of drug-likeness (QED) is 0.685. The fraction of sp³-hybridized carbons (Fsp3) is 0.625. The Balaban J connectivity index is 2.36. The molecule has 1 unspecified atom stereocenters. The average molecular weight is 218 g/mol. The number of urea groups is 1. The first-order valence-electron chi connectivity index (χ1n) is 4.42. The maximum absolute atomic E-state index is 11.1. The van der Waals surface area contributed by atoms with Crippen molar-refractivity contribution in [2.24, 2.45) is 0 Å². The maximum atomic E-state index is 11.1. The van der Waals surface area contributed by atoms with Gasteiger partial charge in [0.25, 0.3) is 0 Å². The van der Waals surface area contributed by atoms with E-state index in [0.29, 0.717) is 6.42 Å². The number of carbonyl (C=O) groups excluding carboxylic acids is 1. The maximum Gasteiger partial charge on any atom is 0.318 e. The molecule has 0 aliphatic carbocycles. The van der Waals surface area contributed by atoms with Gasteiger partial charge in [0, 0.05) is 12.2 Å². The van der Waals surface area contributed by atoms with Crippen LogP contribution in [0, 0.1) is 0 Å². The Hall–Kier alpha value is -1.04. The first-order chi connectivity index (χ1) is 6.53. The summed E-state index contributed by atoms with van der Waals surface area (Å²) in [5.74, 6) is 0.220. The van der Waals surface area contributed by atoms with Crippen molar-refractivity contribution in [3.05, 3.63) is 12.3 Å². The molecule has 14 heavy (non-hydrogen) atoms. The van der Waals surface area contributed by atoms with Crippen LogP contribution in [0.2, 0.25) is 0 Å². The summed E-state index contributed by atoms with van der Waals surface area (Å²) in [6.07, 6.45) is 3.69. The molecular weight excluding hydrogens is 204 g/mol. The lowest BCUT2D eigenvalue weighted by Crippen LogP contribution is -2.40. The standard InChI is InChI=1S/C8H14N2O3S/c1-2-4-9-8(11)10-7-3-5-14(12,13)6-7/h2,4,7H,3,5-6H2,1H3,(H2,9,10,11)/b4-2+. The molecule has 1 saturated heterocycles. The van der Waals surface area contributed by atoms with E-state index in [-0.39, 0.29) is 23.6 Å². The van der Waals surface area contributed by atoms with Gasteiger partial charge in [0.2, 0.25) is 0 Å². The highest BCUT2D eigenvalue weighted by molar-refractivity contribution is 7.91. The molecule has 80 valence electrons. The van der Waals surface area contributed by atoms with Crippen molar-refractivity contribution in [3.63, 3.8) is 0 Å². The van der Waals surface area contributed by atoms with Gasteiger partial charge in [-0.3, -0.25) is 0 Å². The van der Waals surface area contributed by atoms with Crippen LogP contribution in [0.5, 0.6) is 0 Å². The van der Waals surface area contributed by atoms with Gasteiger partial charge in [0.05, 0.1) is 11.5 Å². The van der Waals surface area contributed by atoms with Crippen molar-refractivity contribution in [2.75, 3.05) is 11.5 Å². The van der Waals surface area contributed by atoms with Gasteiger partial charge < -0.3 is 10.6 Å². The third kappa shape index (κ3) is 3.37. The summed E-state index contributed by atoms with van der Waals surface area (Å²) in [7, 11) is -2.92. The molecule has 1 fully saturated rings. The van der Waals surface area contributed by atoms with Crippen LogP contribution in [0.4, 0.5) is 4.79 Å². The van der Waals surface area contributed by atoms with Gasteiger partial charge in [-0.05, 0) is 13.3 Å². The van der Waals surface area contributed by atoms with Crippen molar-refractivity contribution in [3.8, 4) is 0 Å². The molecule has 0 aromatic heterocycles. The average Bonchev–Trinajstić information content (AvgIpc) is 2.42. The summed E-state index contributed by atoms with van der Waals surface area (Å²) >= 11 is 0. The number of carbonyl (C=O) groups is 1. The summed E-state index contributed by atoms with van der Waals surface area (Å²) in [5.41, 5.74) is 0. The first kappa shape index (κ1) is 11.0. The number of nitrogens with one attached hydrogen (secondary N) is 2. The van der Waals surface area contributed by atoms with Crippen molar-refractivity contribution in [2.45, 2.75) is 19.4 Å². The van der Waals surface area contributed by atoms with Crippen LogP contribution in [-0.4, -0.2) is 32.0 Å². The number of hydrogen-bond acceptors (Lipinski definition) is 3. The Bertz CT molecular complexity index is 334. The number of sulfone groups is 1. The minimum absolute atomic E-state index is 0.0518. The largest absolute Gasteiger partial charge is 0.334 e. The monoisotopic (exact) mass is 218 g/mol. The molecule has 6 heteroatoms. The van der Waals surface area contributed by atoms with Gasteiger partial charge in [0.1, 0.15) is 0 Å². The molecule has 0 saturated carbocycles. The molecule has 1 atom stereocenters. The van der Waals surface area contributed by atoms with E-state index in [9.17, 15) is 13.2 Å². The van der Waals surface area contributed by atoms with Crippen LogP contribution in [-0.2, 0) is 9.84 Å². The van der Waals surface area contributed by atoms with Crippen LogP contribution in [0.25, 0.3) is 0 Å². The predicted molar refractivity (Wildman–Crippen MR) is 53.5 cm³/mol. The summed E-state index contributed by atoms with van der Waals surface area (Å²) in [5, 5.41) is 5.05. The van der Waals surface area contributed by atoms with Crippen LogP contribution in [0.1, 0.15) is 13.3 Å². The number of amides is 2. The Labute approximate surface area is 83.5 Å². The van der Waals surface area contributed by atoms with E-state index in [1.54, 1.807) is 13.0 Å². The van der Waals surface area contributed by atoms with Gasteiger partial charge in [-0.25, -0.2) is 13.2 Å². The van der Waals surface area contributed by atoms with Crippen LogP contribution >= 0.6 is 0 Å². The molecule has 5 nitrogen and oxygen atoms in total. The number of rotatable bonds is 2. The minimum Gasteiger partial charge on any atom is -0.334 e. The van der Waals surface area contributed by atoms with E-state index in [1.807, 2.05) is 0 Å². The molecule has 1 heterocycles. The normalized spacial score (nSPS) is 25.1. The highest BCUT2D eigenvalue weighted by atomic mass is 32.2. The van der Waals surface area contributed by atoms with E-state index in [4.69, 9.17) is 0 Å². The van der Waals surface area contributed by atoms with Crippen LogP contribution in [0.15, 0.2) is 12.3 Å². The van der Waals surface area contributed by atoms with E-state index >= 15 is 0 Å². The van der Waals surface area contributed by atoms with Crippen molar-refractivity contribution in [1.29, 1.82) is 0 Å². The third-order valence-electron chi connectivity index (χ3n) is 1.95. The number of allylic oxidation sites excluding steroid dienone is 1. The second-order valence-corrected chi connectivity index (χ2v) is 5.45. The highest BCUT2D eigenvalue weighted by Gasteiger charge is 2.28. The van der Waals surface area contributed by atoms with Gasteiger partial charge in [-0.2, -0.15) is 0 Å². The van der Waals surface area contributed by atoms with Gasteiger partial charge in [0.15, 0.2) is 9.84 Å². The Morgan fingerprint density at radius 2 is 2.21 bits per heavy atom. The number of hydrogen-bond donors (Lipinski definition) is 2. The lowest BCUT2D eigenvalue weighted by molar-refractivity contribution is 0.241. The Morgan fingerprint density at radius 3 is 2.71 bits per heavy atom. The SMILES string of the molecule is C/C=C/NC(=O)NC1CCS(=O)(=O)C1. The molecule has 0 bridgehead atoms. The van der Waals surface area contributed by atoms with Gasteiger partial charge in [-0.1, -0.05) is 6.08 Å². The molecular formula is C8H14N2O3S. The van der Waals surface area contributed by atoms with E-state index in [0.717, 1.165) is 0 Å². The second-order valence-electron chi connectivity index (χ2n) is 3.22. The zero-order chi connectivity index (χ0) is 10.6. The molecule has 0 radical (unpaired) electrons. The van der Waals surface area contributed by atoms with Gasteiger partial charge >= 0.3 is 6.03 Å². The molecule has 2 amide bonds.